The summed E-state index contributed by atoms with van der Waals surface area (Å²) in [4.78, 5) is 21.7. The first-order chi connectivity index (χ1) is 6.92. The molecule has 5 nitrogen and oxygen atoms in total. The second kappa shape index (κ2) is 4.22. The molecule has 0 saturated carbocycles. The Morgan fingerprint density at radius 2 is 2.07 bits per heavy atom. The van der Waals surface area contributed by atoms with Crippen molar-refractivity contribution in [3.8, 4) is 0 Å². The molecule has 15 heavy (non-hydrogen) atoms. The van der Waals surface area contributed by atoms with Gasteiger partial charge in [0.2, 0.25) is 10.0 Å². The van der Waals surface area contributed by atoms with Gasteiger partial charge < -0.3 is 0 Å². The van der Waals surface area contributed by atoms with Crippen LogP contribution in [0.2, 0.25) is 0 Å². The summed E-state index contributed by atoms with van der Waals surface area (Å²) in [7, 11) is -3.58. The number of sulfonamides is 1. The average Bonchev–Trinajstić information content (AvgIpc) is 2.15. The summed E-state index contributed by atoms with van der Waals surface area (Å²) in [5.74, 6) is -0.749. The highest BCUT2D eigenvalue weighted by molar-refractivity contribution is 7.89. The van der Waals surface area contributed by atoms with Crippen LogP contribution >= 0.6 is 0 Å². The summed E-state index contributed by atoms with van der Waals surface area (Å²) in [6, 6.07) is 5.76. The fourth-order valence-electron chi connectivity index (χ4n) is 0.981. The van der Waals surface area contributed by atoms with E-state index in [1.54, 1.807) is 4.72 Å². The van der Waals surface area contributed by atoms with E-state index in [9.17, 15) is 18.0 Å². The Morgan fingerprint density at radius 3 is 2.60 bits per heavy atom. The van der Waals surface area contributed by atoms with E-state index in [2.05, 4.69) is 0 Å². The van der Waals surface area contributed by atoms with Crippen LogP contribution < -0.4 is 4.72 Å². The normalized spacial score (nSPS) is 10.7. The second-order valence-corrected chi connectivity index (χ2v) is 4.70. The largest absolute Gasteiger partial charge is 0.298 e. The van der Waals surface area contributed by atoms with Gasteiger partial charge in [-0.2, -0.15) is 0 Å². The fraction of sp³-hybridized carbons (Fsp3) is 0.111. The van der Waals surface area contributed by atoms with Gasteiger partial charge in [0.1, 0.15) is 6.29 Å². The number of rotatable bonds is 3. The number of amides is 1. The molecule has 0 bridgehead atoms. The van der Waals surface area contributed by atoms with Crippen LogP contribution in [0.5, 0.6) is 0 Å². The SMILES string of the molecule is CS(=O)(=O)NC(=O)c1cccc(C=O)c1. The van der Waals surface area contributed by atoms with Crippen LogP contribution in [0, 0.1) is 0 Å². The highest BCUT2D eigenvalue weighted by Crippen LogP contribution is 2.03. The Labute approximate surface area is 87.2 Å². The maximum Gasteiger partial charge on any atom is 0.264 e. The monoisotopic (exact) mass is 227 g/mol. The molecule has 0 unspecified atom stereocenters. The molecule has 0 atom stereocenters. The van der Waals surface area contributed by atoms with E-state index in [0.717, 1.165) is 6.26 Å². The van der Waals surface area contributed by atoms with Gasteiger partial charge in [0.25, 0.3) is 5.91 Å². The van der Waals surface area contributed by atoms with Gasteiger partial charge in [-0.05, 0) is 12.1 Å². The van der Waals surface area contributed by atoms with Crippen LogP contribution in [0.1, 0.15) is 20.7 Å². The topological polar surface area (TPSA) is 80.3 Å². The molecule has 1 N–H and O–H groups in total. The molecular weight excluding hydrogens is 218 g/mol. The van der Waals surface area contributed by atoms with Crippen molar-refractivity contribution < 1.29 is 18.0 Å². The number of nitrogens with one attached hydrogen (secondary N) is 1. The molecular formula is C9H9NO4S. The van der Waals surface area contributed by atoms with Crippen LogP contribution in [0.15, 0.2) is 24.3 Å². The third-order valence-electron chi connectivity index (χ3n) is 1.56. The van der Waals surface area contributed by atoms with Gasteiger partial charge in [0, 0.05) is 11.1 Å². The third-order valence-corrected chi connectivity index (χ3v) is 2.12. The summed E-state index contributed by atoms with van der Waals surface area (Å²) in [5.41, 5.74) is 0.446. The highest BCUT2D eigenvalue weighted by Gasteiger charge is 2.10. The Morgan fingerprint density at radius 1 is 1.40 bits per heavy atom. The Balaban J connectivity index is 2.96. The van der Waals surface area contributed by atoms with Gasteiger partial charge in [0.15, 0.2) is 0 Å². The molecule has 1 aromatic carbocycles. The minimum atomic E-state index is -3.58. The maximum atomic E-state index is 11.3. The summed E-state index contributed by atoms with van der Waals surface area (Å²) in [6.45, 7) is 0. The molecule has 6 heteroatoms. The van der Waals surface area contributed by atoms with E-state index >= 15 is 0 Å². The zero-order chi connectivity index (χ0) is 11.5. The van der Waals surface area contributed by atoms with Gasteiger partial charge in [-0.3, -0.25) is 9.59 Å². The summed E-state index contributed by atoms with van der Waals surface area (Å²) < 4.78 is 23.3. The van der Waals surface area contributed by atoms with E-state index in [1.165, 1.54) is 24.3 Å². The van der Waals surface area contributed by atoms with Crippen molar-refractivity contribution in [1.29, 1.82) is 0 Å². The molecule has 0 aliphatic rings. The molecule has 0 fully saturated rings. The fourth-order valence-corrected chi connectivity index (χ4v) is 1.44. The minimum absolute atomic E-state index is 0.130. The van der Waals surface area contributed by atoms with E-state index in [-0.39, 0.29) is 5.56 Å². The first-order valence-electron chi connectivity index (χ1n) is 4.00. The average molecular weight is 227 g/mol. The smallest absolute Gasteiger partial charge is 0.264 e. The molecule has 0 spiro atoms. The van der Waals surface area contributed by atoms with Gasteiger partial charge in [-0.15, -0.1) is 0 Å². The van der Waals surface area contributed by atoms with Gasteiger partial charge in [0.05, 0.1) is 6.26 Å². The van der Waals surface area contributed by atoms with Crippen molar-refractivity contribution in [1.82, 2.24) is 4.72 Å². The van der Waals surface area contributed by atoms with Gasteiger partial charge in [-0.25, -0.2) is 13.1 Å². The lowest BCUT2D eigenvalue weighted by molar-refractivity contribution is 0.0981. The molecule has 0 saturated heterocycles. The molecule has 0 radical (unpaired) electrons. The summed E-state index contributed by atoms with van der Waals surface area (Å²) in [5, 5.41) is 0. The number of hydrogen-bond donors (Lipinski definition) is 1. The summed E-state index contributed by atoms with van der Waals surface area (Å²) >= 11 is 0. The first kappa shape index (κ1) is 11.4. The minimum Gasteiger partial charge on any atom is -0.298 e. The van der Waals surface area contributed by atoms with Crippen molar-refractivity contribution in [2.24, 2.45) is 0 Å². The van der Waals surface area contributed by atoms with Gasteiger partial charge >= 0.3 is 0 Å². The first-order valence-corrected chi connectivity index (χ1v) is 5.89. The second-order valence-electron chi connectivity index (χ2n) is 2.95. The van der Waals surface area contributed by atoms with Crippen molar-refractivity contribution in [3.63, 3.8) is 0 Å². The molecule has 1 amide bonds. The van der Waals surface area contributed by atoms with Crippen LogP contribution in [-0.2, 0) is 10.0 Å². The molecule has 1 rings (SSSR count). The van der Waals surface area contributed by atoms with Crippen molar-refractivity contribution in [3.05, 3.63) is 35.4 Å². The van der Waals surface area contributed by atoms with Crippen LogP contribution in [-0.4, -0.2) is 26.9 Å². The van der Waals surface area contributed by atoms with Crippen LogP contribution in [0.3, 0.4) is 0 Å². The van der Waals surface area contributed by atoms with E-state index in [1.807, 2.05) is 0 Å². The number of hydrogen-bond acceptors (Lipinski definition) is 4. The van der Waals surface area contributed by atoms with Crippen molar-refractivity contribution in [2.75, 3.05) is 6.26 Å². The molecule has 0 heterocycles. The summed E-state index contributed by atoms with van der Waals surface area (Å²) in [6.07, 6.45) is 1.46. The third kappa shape index (κ3) is 3.51. The van der Waals surface area contributed by atoms with E-state index in [0.29, 0.717) is 11.8 Å². The number of carbonyl (C=O) groups is 2. The Hall–Kier alpha value is -1.69. The zero-order valence-corrected chi connectivity index (χ0v) is 8.74. The van der Waals surface area contributed by atoms with Crippen LogP contribution in [0.4, 0.5) is 0 Å². The van der Waals surface area contributed by atoms with E-state index < -0.39 is 15.9 Å². The lowest BCUT2D eigenvalue weighted by Gasteiger charge is -2.02. The van der Waals surface area contributed by atoms with Gasteiger partial charge in [-0.1, -0.05) is 12.1 Å². The number of benzene rings is 1. The number of carbonyl (C=O) groups excluding carboxylic acids is 2. The molecule has 0 aliphatic heterocycles. The van der Waals surface area contributed by atoms with Crippen molar-refractivity contribution in [2.45, 2.75) is 0 Å². The molecule has 0 aliphatic carbocycles. The lowest BCUT2D eigenvalue weighted by Crippen LogP contribution is -2.29. The zero-order valence-electron chi connectivity index (χ0n) is 7.93. The lowest BCUT2D eigenvalue weighted by atomic mass is 10.1. The quantitative estimate of drug-likeness (QED) is 0.747. The standard InChI is InChI=1S/C9H9NO4S/c1-15(13,14)10-9(12)8-4-2-3-7(5-8)6-11/h2-6H,1H3,(H,10,12). The van der Waals surface area contributed by atoms with E-state index in [4.69, 9.17) is 0 Å². The predicted molar refractivity (Wildman–Crippen MR) is 54.1 cm³/mol. The van der Waals surface area contributed by atoms with Crippen molar-refractivity contribution >= 4 is 22.2 Å². The maximum absolute atomic E-state index is 11.3. The highest BCUT2D eigenvalue weighted by atomic mass is 32.2. The Bertz CT molecular complexity index is 493. The molecule has 1 aromatic rings. The molecule has 80 valence electrons. The number of aldehydes is 1. The predicted octanol–water partition coefficient (Wildman–Crippen LogP) is 0.188. The van der Waals surface area contributed by atoms with Crippen LogP contribution in [0.25, 0.3) is 0 Å². The molecule has 0 aromatic heterocycles. The Kier molecular flexibility index (Phi) is 3.21.